The summed E-state index contributed by atoms with van der Waals surface area (Å²) in [5, 5.41) is 8.93. The molecule has 0 unspecified atom stereocenters. The minimum atomic E-state index is 0.219. The van der Waals surface area contributed by atoms with Crippen molar-refractivity contribution in [3.63, 3.8) is 0 Å². The van der Waals surface area contributed by atoms with Crippen LogP contribution in [0.2, 0.25) is 0 Å². The summed E-state index contributed by atoms with van der Waals surface area (Å²) in [6.07, 6.45) is 8.35. The second-order valence-corrected chi connectivity index (χ2v) is 3.92. The average Bonchev–Trinajstić information content (AvgIpc) is 2.27. The molecule has 0 atom stereocenters. The Morgan fingerprint density at radius 3 is 2.80 bits per heavy atom. The zero-order valence-electron chi connectivity index (χ0n) is 9.65. The maximum atomic E-state index is 8.93. The van der Waals surface area contributed by atoms with Gasteiger partial charge in [-0.05, 0) is 6.42 Å². The molecule has 0 aliphatic heterocycles. The molecule has 0 aliphatic rings. The molecule has 2 nitrogen and oxygen atoms in total. The molecule has 0 radical (unpaired) electrons. The Balaban J connectivity index is 2.44. The quantitative estimate of drug-likeness (QED) is 0.538. The Morgan fingerprint density at radius 1 is 1.20 bits per heavy atom. The van der Waals surface area contributed by atoms with Crippen molar-refractivity contribution in [2.45, 2.75) is 45.6 Å². The Bertz CT molecular complexity index is 273. The number of unbranched alkanes of at least 4 members (excludes halogenated alkanes) is 3. The lowest BCUT2D eigenvalue weighted by atomic mass is 10.1. The molecule has 0 aromatic carbocycles. The number of rotatable bonds is 7. The van der Waals surface area contributed by atoms with E-state index in [-0.39, 0.29) is 6.61 Å². The van der Waals surface area contributed by atoms with Gasteiger partial charge in [-0.15, -0.1) is 0 Å². The monoisotopic (exact) mass is 208 g/mol. The summed E-state index contributed by atoms with van der Waals surface area (Å²) < 4.78 is 2.14. The standard InChI is InChI=1S/C13H22NO/c1-2-3-4-5-8-13-9-6-7-10-14(13)11-12-15/h6-7,9-10,15H,2-5,8,11-12H2,1H3/q+1. The van der Waals surface area contributed by atoms with Crippen molar-refractivity contribution in [3.05, 3.63) is 30.1 Å². The number of hydrogen-bond acceptors (Lipinski definition) is 1. The first-order valence-electron chi connectivity index (χ1n) is 5.96. The van der Waals surface area contributed by atoms with E-state index in [9.17, 15) is 0 Å². The van der Waals surface area contributed by atoms with Gasteiger partial charge in [0.15, 0.2) is 18.4 Å². The summed E-state index contributed by atoms with van der Waals surface area (Å²) in [5.41, 5.74) is 1.34. The number of pyridine rings is 1. The Morgan fingerprint density at radius 2 is 2.07 bits per heavy atom. The van der Waals surface area contributed by atoms with Gasteiger partial charge in [-0.3, -0.25) is 0 Å². The van der Waals surface area contributed by atoms with Gasteiger partial charge < -0.3 is 5.11 Å². The van der Waals surface area contributed by atoms with Gasteiger partial charge in [-0.2, -0.15) is 0 Å². The van der Waals surface area contributed by atoms with Gasteiger partial charge >= 0.3 is 0 Å². The number of nitrogens with zero attached hydrogens (tertiary/aromatic N) is 1. The smallest absolute Gasteiger partial charge is 0.181 e. The zero-order valence-corrected chi connectivity index (χ0v) is 9.65. The molecule has 15 heavy (non-hydrogen) atoms. The van der Waals surface area contributed by atoms with Crippen LogP contribution in [0.5, 0.6) is 0 Å². The van der Waals surface area contributed by atoms with Crippen molar-refractivity contribution in [2.24, 2.45) is 0 Å². The molecular weight excluding hydrogens is 186 g/mol. The second kappa shape index (κ2) is 7.41. The van der Waals surface area contributed by atoms with Crippen LogP contribution < -0.4 is 4.57 Å². The predicted octanol–water partition coefficient (Wildman–Crippen LogP) is 2.09. The fourth-order valence-electron chi connectivity index (χ4n) is 1.80. The number of hydrogen-bond donors (Lipinski definition) is 1. The van der Waals surface area contributed by atoms with E-state index in [1.807, 2.05) is 12.3 Å². The van der Waals surface area contributed by atoms with E-state index in [4.69, 9.17) is 5.11 Å². The van der Waals surface area contributed by atoms with Gasteiger partial charge in [0.1, 0.15) is 6.61 Å². The first-order valence-corrected chi connectivity index (χ1v) is 5.96. The van der Waals surface area contributed by atoms with Crippen LogP contribution in [0.15, 0.2) is 24.4 Å². The van der Waals surface area contributed by atoms with E-state index >= 15 is 0 Å². The largest absolute Gasteiger partial charge is 0.390 e. The van der Waals surface area contributed by atoms with Crippen molar-refractivity contribution in [1.82, 2.24) is 0 Å². The summed E-state index contributed by atoms with van der Waals surface area (Å²) >= 11 is 0. The Labute approximate surface area is 92.6 Å². The first-order chi connectivity index (χ1) is 7.38. The van der Waals surface area contributed by atoms with Gasteiger partial charge in [-0.1, -0.05) is 32.3 Å². The van der Waals surface area contributed by atoms with Gasteiger partial charge in [0, 0.05) is 18.6 Å². The average molecular weight is 208 g/mol. The topological polar surface area (TPSA) is 24.1 Å². The molecular formula is C13H22NO+. The van der Waals surface area contributed by atoms with Crippen molar-refractivity contribution < 1.29 is 9.67 Å². The van der Waals surface area contributed by atoms with Crippen molar-refractivity contribution >= 4 is 0 Å². The third-order valence-corrected chi connectivity index (χ3v) is 2.66. The molecule has 2 heteroatoms. The predicted molar refractivity (Wildman–Crippen MR) is 61.6 cm³/mol. The third-order valence-electron chi connectivity index (χ3n) is 2.66. The molecule has 0 aliphatic carbocycles. The summed E-state index contributed by atoms with van der Waals surface area (Å²) in [6, 6.07) is 6.25. The number of aliphatic hydroxyl groups excluding tert-OH is 1. The molecule has 0 saturated heterocycles. The highest BCUT2D eigenvalue weighted by Gasteiger charge is 2.07. The molecule has 84 valence electrons. The minimum absolute atomic E-state index is 0.219. The lowest BCUT2D eigenvalue weighted by Gasteiger charge is -2.02. The molecule has 0 saturated carbocycles. The minimum Gasteiger partial charge on any atom is -0.390 e. The van der Waals surface area contributed by atoms with Crippen molar-refractivity contribution in [3.8, 4) is 0 Å². The molecule has 0 bridgehead atoms. The van der Waals surface area contributed by atoms with Crippen LogP contribution in [0.25, 0.3) is 0 Å². The van der Waals surface area contributed by atoms with Crippen LogP contribution in [0, 0.1) is 0 Å². The fourth-order valence-corrected chi connectivity index (χ4v) is 1.80. The zero-order chi connectivity index (χ0) is 10.9. The highest BCUT2D eigenvalue weighted by Crippen LogP contribution is 2.04. The van der Waals surface area contributed by atoms with Gasteiger partial charge in [-0.25, -0.2) is 4.57 Å². The van der Waals surface area contributed by atoms with Crippen LogP contribution >= 0.6 is 0 Å². The molecule has 0 amide bonds. The van der Waals surface area contributed by atoms with E-state index in [1.165, 1.54) is 31.4 Å². The van der Waals surface area contributed by atoms with Crippen LogP contribution in [0.1, 0.15) is 38.3 Å². The third kappa shape index (κ3) is 4.43. The second-order valence-electron chi connectivity index (χ2n) is 3.92. The lowest BCUT2D eigenvalue weighted by molar-refractivity contribution is -0.705. The highest BCUT2D eigenvalue weighted by molar-refractivity contribution is 4.97. The van der Waals surface area contributed by atoms with E-state index in [0.717, 1.165) is 6.42 Å². The van der Waals surface area contributed by atoms with Crippen LogP contribution in [0.3, 0.4) is 0 Å². The van der Waals surface area contributed by atoms with E-state index in [2.05, 4.69) is 23.6 Å². The van der Waals surface area contributed by atoms with E-state index < -0.39 is 0 Å². The SMILES string of the molecule is CCCCCCc1cccc[n+]1CCO. The normalized spacial score (nSPS) is 10.5. The lowest BCUT2D eigenvalue weighted by Crippen LogP contribution is -2.39. The number of aryl methyl sites for hydroxylation is 1. The van der Waals surface area contributed by atoms with E-state index in [1.54, 1.807) is 0 Å². The molecule has 1 N–H and O–H groups in total. The van der Waals surface area contributed by atoms with E-state index in [0.29, 0.717) is 6.54 Å². The number of aromatic nitrogens is 1. The summed E-state index contributed by atoms with van der Waals surface area (Å²) in [4.78, 5) is 0. The highest BCUT2D eigenvalue weighted by atomic mass is 16.3. The maximum Gasteiger partial charge on any atom is 0.181 e. The molecule has 1 aromatic rings. The van der Waals surface area contributed by atoms with Crippen molar-refractivity contribution in [1.29, 1.82) is 0 Å². The molecule has 1 aromatic heterocycles. The number of aliphatic hydroxyl groups is 1. The Hall–Kier alpha value is -0.890. The summed E-state index contributed by atoms with van der Waals surface area (Å²) in [7, 11) is 0. The summed E-state index contributed by atoms with van der Waals surface area (Å²) in [6.45, 7) is 3.16. The first kappa shape index (κ1) is 12.2. The molecule has 0 fully saturated rings. The van der Waals surface area contributed by atoms with Crippen LogP contribution in [-0.2, 0) is 13.0 Å². The Kier molecular flexibility index (Phi) is 6.02. The van der Waals surface area contributed by atoms with Gasteiger partial charge in [0.05, 0.1) is 0 Å². The molecule has 1 heterocycles. The van der Waals surface area contributed by atoms with Gasteiger partial charge in [0.25, 0.3) is 0 Å². The maximum absolute atomic E-state index is 8.93. The van der Waals surface area contributed by atoms with Crippen LogP contribution in [-0.4, -0.2) is 11.7 Å². The fraction of sp³-hybridized carbons (Fsp3) is 0.615. The van der Waals surface area contributed by atoms with Crippen molar-refractivity contribution in [2.75, 3.05) is 6.61 Å². The summed E-state index contributed by atoms with van der Waals surface area (Å²) in [5.74, 6) is 0. The van der Waals surface area contributed by atoms with Gasteiger partial charge in [0.2, 0.25) is 0 Å². The molecule has 0 spiro atoms. The van der Waals surface area contributed by atoms with Crippen LogP contribution in [0.4, 0.5) is 0 Å². The molecule has 1 rings (SSSR count).